The van der Waals surface area contributed by atoms with E-state index in [4.69, 9.17) is 0 Å². The van der Waals surface area contributed by atoms with Crippen molar-refractivity contribution in [2.24, 2.45) is 11.8 Å². The molecule has 2 saturated carbocycles. The molecule has 0 radical (unpaired) electrons. The van der Waals surface area contributed by atoms with Crippen molar-refractivity contribution < 1.29 is 0 Å². The highest BCUT2D eigenvalue weighted by Gasteiger charge is 2.36. The van der Waals surface area contributed by atoms with Crippen LogP contribution in [0.3, 0.4) is 0 Å². The summed E-state index contributed by atoms with van der Waals surface area (Å²) in [5.74, 6) is 1.96. The van der Waals surface area contributed by atoms with Gasteiger partial charge in [-0.1, -0.05) is 13.8 Å². The van der Waals surface area contributed by atoms with Crippen LogP contribution in [0.1, 0.15) is 65.7 Å². The van der Waals surface area contributed by atoms with E-state index in [0.29, 0.717) is 5.54 Å². The maximum absolute atomic E-state index is 3.96. The van der Waals surface area contributed by atoms with Gasteiger partial charge in [0.1, 0.15) is 0 Å². The Morgan fingerprint density at radius 1 is 1.20 bits per heavy atom. The highest BCUT2D eigenvalue weighted by Crippen LogP contribution is 2.38. The van der Waals surface area contributed by atoms with E-state index in [0.717, 1.165) is 17.9 Å². The molecule has 1 unspecified atom stereocenters. The van der Waals surface area contributed by atoms with Crippen LogP contribution >= 0.6 is 0 Å². The van der Waals surface area contributed by atoms with Crippen molar-refractivity contribution >= 4 is 0 Å². The molecule has 1 N–H and O–H groups in total. The minimum Gasteiger partial charge on any atom is -0.309 e. The minimum absolute atomic E-state index is 0.454. The van der Waals surface area contributed by atoms with Gasteiger partial charge in [0.15, 0.2) is 0 Å². The van der Waals surface area contributed by atoms with Crippen LogP contribution < -0.4 is 5.32 Å². The summed E-state index contributed by atoms with van der Waals surface area (Å²) in [6, 6.07) is 0.809. The van der Waals surface area contributed by atoms with E-state index in [1.807, 2.05) is 0 Å². The summed E-state index contributed by atoms with van der Waals surface area (Å²) in [4.78, 5) is 0. The van der Waals surface area contributed by atoms with Crippen LogP contribution in [0, 0.1) is 11.8 Å². The molecule has 0 bridgehead atoms. The fourth-order valence-corrected chi connectivity index (χ4v) is 3.04. The standard InChI is InChI=1S/C14H27N/c1-4-13(12-5-6-12)15-14(3)9-7-11(2)8-10-14/h11-13,15H,4-10H2,1-3H3. The lowest BCUT2D eigenvalue weighted by Gasteiger charge is -2.40. The zero-order valence-corrected chi connectivity index (χ0v) is 10.7. The summed E-state index contributed by atoms with van der Waals surface area (Å²) < 4.78 is 0. The first-order valence-electron chi connectivity index (χ1n) is 6.90. The Bertz CT molecular complexity index is 199. The lowest BCUT2D eigenvalue weighted by Crippen LogP contribution is -2.50. The van der Waals surface area contributed by atoms with Gasteiger partial charge in [-0.2, -0.15) is 0 Å². The fourth-order valence-electron chi connectivity index (χ4n) is 3.04. The van der Waals surface area contributed by atoms with Crippen molar-refractivity contribution in [2.45, 2.75) is 77.3 Å². The lowest BCUT2D eigenvalue weighted by molar-refractivity contribution is 0.185. The van der Waals surface area contributed by atoms with E-state index < -0.39 is 0 Å². The van der Waals surface area contributed by atoms with Crippen LogP contribution in [0.5, 0.6) is 0 Å². The molecule has 88 valence electrons. The van der Waals surface area contributed by atoms with Gasteiger partial charge in [0.2, 0.25) is 0 Å². The SMILES string of the molecule is CCC(NC1(C)CCC(C)CC1)C1CC1. The van der Waals surface area contributed by atoms with Crippen molar-refractivity contribution in [1.29, 1.82) is 0 Å². The molecule has 2 rings (SSSR count). The monoisotopic (exact) mass is 209 g/mol. The van der Waals surface area contributed by atoms with Gasteiger partial charge in [0.25, 0.3) is 0 Å². The van der Waals surface area contributed by atoms with Gasteiger partial charge in [0, 0.05) is 11.6 Å². The largest absolute Gasteiger partial charge is 0.309 e. The average molecular weight is 209 g/mol. The number of hydrogen-bond acceptors (Lipinski definition) is 1. The summed E-state index contributed by atoms with van der Waals surface area (Å²) in [7, 11) is 0. The third kappa shape index (κ3) is 2.96. The van der Waals surface area contributed by atoms with E-state index in [9.17, 15) is 0 Å². The van der Waals surface area contributed by atoms with E-state index >= 15 is 0 Å². The maximum Gasteiger partial charge on any atom is 0.0156 e. The van der Waals surface area contributed by atoms with Gasteiger partial charge in [-0.05, 0) is 63.7 Å². The van der Waals surface area contributed by atoms with E-state index in [1.165, 1.54) is 44.9 Å². The van der Waals surface area contributed by atoms with E-state index in [2.05, 4.69) is 26.1 Å². The van der Waals surface area contributed by atoms with Crippen molar-refractivity contribution in [3.05, 3.63) is 0 Å². The molecule has 0 heterocycles. The quantitative estimate of drug-likeness (QED) is 0.744. The summed E-state index contributed by atoms with van der Waals surface area (Å²) >= 11 is 0. The first kappa shape index (κ1) is 11.4. The van der Waals surface area contributed by atoms with Crippen LogP contribution in [-0.2, 0) is 0 Å². The summed E-state index contributed by atoms with van der Waals surface area (Å²) in [6.07, 6.45) is 9.87. The van der Waals surface area contributed by atoms with Gasteiger partial charge in [0.05, 0.1) is 0 Å². The third-order valence-corrected chi connectivity index (χ3v) is 4.54. The predicted molar refractivity (Wildman–Crippen MR) is 66.0 cm³/mol. The summed E-state index contributed by atoms with van der Waals surface area (Å²) in [5, 5.41) is 3.96. The molecule has 1 heteroatoms. The first-order valence-corrected chi connectivity index (χ1v) is 6.90. The molecule has 2 fully saturated rings. The molecule has 1 atom stereocenters. The molecule has 0 aromatic carbocycles. The molecule has 2 aliphatic rings. The Morgan fingerprint density at radius 2 is 1.80 bits per heavy atom. The molecule has 0 aliphatic heterocycles. The van der Waals surface area contributed by atoms with Crippen molar-refractivity contribution in [1.82, 2.24) is 5.32 Å². The third-order valence-electron chi connectivity index (χ3n) is 4.54. The fraction of sp³-hybridized carbons (Fsp3) is 1.00. The Kier molecular flexibility index (Phi) is 3.39. The van der Waals surface area contributed by atoms with Gasteiger partial charge in [-0.3, -0.25) is 0 Å². The van der Waals surface area contributed by atoms with E-state index in [-0.39, 0.29) is 0 Å². The van der Waals surface area contributed by atoms with E-state index in [1.54, 1.807) is 0 Å². The topological polar surface area (TPSA) is 12.0 Å². The molecule has 15 heavy (non-hydrogen) atoms. The van der Waals surface area contributed by atoms with Crippen molar-refractivity contribution in [2.75, 3.05) is 0 Å². The predicted octanol–water partition coefficient (Wildman–Crippen LogP) is 3.73. The Hall–Kier alpha value is -0.0400. The van der Waals surface area contributed by atoms with Crippen LogP contribution in [-0.4, -0.2) is 11.6 Å². The lowest BCUT2D eigenvalue weighted by atomic mass is 9.77. The molecule has 0 saturated heterocycles. The average Bonchev–Trinajstić information content (AvgIpc) is 3.03. The minimum atomic E-state index is 0.454. The van der Waals surface area contributed by atoms with Crippen LogP contribution in [0.4, 0.5) is 0 Å². The van der Waals surface area contributed by atoms with Crippen LogP contribution in [0.15, 0.2) is 0 Å². The Morgan fingerprint density at radius 3 is 2.27 bits per heavy atom. The zero-order chi connectivity index (χ0) is 10.9. The second-order valence-corrected chi connectivity index (χ2v) is 6.24. The number of hydrogen-bond donors (Lipinski definition) is 1. The van der Waals surface area contributed by atoms with Crippen molar-refractivity contribution in [3.63, 3.8) is 0 Å². The number of rotatable bonds is 4. The molecule has 0 aromatic rings. The molecule has 1 nitrogen and oxygen atoms in total. The smallest absolute Gasteiger partial charge is 0.0156 e. The van der Waals surface area contributed by atoms with Gasteiger partial charge < -0.3 is 5.32 Å². The summed E-state index contributed by atoms with van der Waals surface area (Å²) in [6.45, 7) is 7.19. The van der Waals surface area contributed by atoms with Crippen LogP contribution in [0.25, 0.3) is 0 Å². The van der Waals surface area contributed by atoms with Gasteiger partial charge in [-0.25, -0.2) is 0 Å². The highest BCUT2D eigenvalue weighted by molar-refractivity contribution is 4.95. The first-order chi connectivity index (χ1) is 7.13. The highest BCUT2D eigenvalue weighted by atomic mass is 15.0. The van der Waals surface area contributed by atoms with Crippen molar-refractivity contribution in [3.8, 4) is 0 Å². The molecule has 0 aromatic heterocycles. The number of nitrogens with one attached hydrogen (secondary N) is 1. The summed E-state index contributed by atoms with van der Waals surface area (Å²) in [5.41, 5.74) is 0.454. The Labute approximate surface area is 95.0 Å². The zero-order valence-electron chi connectivity index (χ0n) is 10.7. The molecular weight excluding hydrogens is 182 g/mol. The molecule has 0 spiro atoms. The van der Waals surface area contributed by atoms with Gasteiger partial charge in [-0.15, -0.1) is 0 Å². The molecule has 0 amide bonds. The molecule has 2 aliphatic carbocycles. The Balaban J connectivity index is 1.85. The normalized spacial score (nSPS) is 39.0. The second kappa shape index (κ2) is 4.45. The van der Waals surface area contributed by atoms with Gasteiger partial charge >= 0.3 is 0 Å². The second-order valence-electron chi connectivity index (χ2n) is 6.24. The van der Waals surface area contributed by atoms with Crippen LogP contribution in [0.2, 0.25) is 0 Å². The maximum atomic E-state index is 3.96. The molecular formula is C14H27N.